The summed E-state index contributed by atoms with van der Waals surface area (Å²) in [4.78, 5) is 26.2. The number of nitrogens with zero attached hydrogens (tertiary/aromatic N) is 1. The Morgan fingerprint density at radius 2 is 2.12 bits per heavy atom. The Labute approximate surface area is 141 Å². The van der Waals surface area contributed by atoms with Crippen LogP contribution in [-0.4, -0.2) is 43.6 Å². The molecule has 3 rings (SSSR count). The summed E-state index contributed by atoms with van der Waals surface area (Å²) in [6.45, 7) is 1.56. The van der Waals surface area contributed by atoms with Gasteiger partial charge in [0.05, 0.1) is 6.54 Å². The lowest BCUT2D eigenvalue weighted by Gasteiger charge is -2.23. The van der Waals surface area contributed by atoms with Crippen molar-refractivity contribution in [1.29, 1.82) is 0 Å². The highest BCUT2D eigenvalue weighted by molar-refractivity contribution is 5.91. The summed E-state index contributed by atoms with van der Waals surface area (Å²) in [6, 6.07) is 5.50. The molecule has 1 aliphatic heterocycles. The molecule has 0 fully saturated rings. The van der Waals surface area contributed by atoms with Crippen molar-refractivity contribution in [2.24, 2.45) is 5.92 Å². The molecule has 1 heterocycles. The lowest BCUT2D eigenvalue weighted by atomic mass is 10.0. The molecule has 2 amide bonds. The molecule has 128 valence electrons. The summed E-state index contributed by atoms with van der Waals surface area (Å²) in [6.07, 6.45) is 5.76. The van der Waals surface area contributed by atoms with Crippen molar-refractivity contribution in [1.82, 2.24) is 4.90 Å². The van der Waals surface area contributed by atoms with Crippen molar-refractivity contribution in [2.45, 2.75) is 19.4 Å². The maximum Gasteiger partial charge on any atom is 0.250 e. The first-order valence-corrected chi connectivity index (χ1v) is 8.15. The highest BCUT2D eigenvalue weighted by Crippen LogP contribution is 2.28. The van der Waals surface area contributed by atoms with Crippen LogP contribution in [0, 0.1) is 5.92 Å². The largest absolute Gasteiger partial charge is 0.491 e. The molecule has 2 aliphatic rings. The van der Waals surface area contributed by atoms with E-state index < -0.39 is 0 Å². The maximum atomic E-state index is 12.7. The summed E-state index contributed by atoms with van der Waals surface area (Å²) in [7, 11) is 1.48. The van der Waals surface area contributed by atoms with E-state index in [1.807, 2.05) is 17.0 Å². The van der Waals surface area contributed by atoms with Crippen LogP contribution in [0.2, 0.25) is 0 Å². The van der Waals surface area contributed by atoms with Gasteiger partial charge in [0.15, 0.2) is 0 Å². The molecule has 1 aromatic rings. The van der Waals surface area contributed by atoms with Crippen LogP contribution in [0.4, 0.5) is 5.69 Å². The number of carbonyl (C=O) groups is 2. The van der Waals surface area contributed by atoms with E-state index in [1.165, 1.54) is 7.11 Å². The topological polar surface area (TPSA) is 67.9 Å². The van der Waals surface area contributed by atoms with E-state index in [0.29, 0.717) is 25.4 Å². The molecule has 24 heavy (non-hydrogen) atoms. The molecule has 1 aromatic carbocycles. The fraction of sp³-hybridized carbons (Fsp3) is 0.444. The number of benzene rings is 1. The molecule has 6 nitrogen and oxygen atoms in total. The standard InChI is InChI=1S/C18H22N2O4/c1-23-12-17(21)19-15-6-7-16-14(10-15)11-20(8-9-24-16)18(22)13-4-2-3-5-13/h2-3,6-7,10,13H,4-5,8-9,11-12H2,1H3,(H,19,21). The number of fused-ring (bicyclic) bond motifs is 1. The second kappa shape index (κ2) is 7.49. The average molecular weight is 330 g/mol. The Hall–Kier alpha value is -2.34. The molecular weight excluding hydrogens is 308 g/mol. The monoisotopic (exact) mass is 330 g/mol. The maximum absolute atomic E-state index is 12.7. The molecule has 0 saturated heterocycles. The summed E-state index contributed by atoms with van der Waals surface area (Å²) >= 11 is 0. The van der Waals surface area contributed by atoms with Gasteiger partial charge in [-0.1, -0.05) is 12.2 Å². The summed E-state index contributed by atoms with van der Waals surface area (Å²) in [5.41, 5.74) is 1.58. The third kappa shape index (κ3) is 3.76. The zero-order chi connectivity index (χ0) is 16.9. The van der Waals surface area contributed by atoms with Gasteiger partial charge in [0.1, 0.15) is 19.0 Å². The van der Waals surface area contributed by atoms with E-state index in [0.717, 1.165) is 24.2 Å². The van der Waals surface area contributed by atoms with Crippen LogP contribution >= 0.6 is 0 Å². The molecule has 6 heteroatoms. The number of carbonyl (C=O) groups excluding carboxylic acids is 2. The Kier molecular flexibility index (Phi) is 5.15. The minimum atomic E-state index is -0.211. The molecule has 0 unspecified atom stereocenters. The molecule has 0 spiro atoms. The van der Waals surface area contributed by atoms with Gasteiger partial charge < -0.3 is 19.7 Å². The van der Waals surface area contributed by atoms with Crippen molar-refractivity contribution in [2.75, 3.05) is 32.2 Å². The predicted molar refractivity (Wildman–Crippen MR) is 89.7 cm³/mol. The van der Waals surface area contributed by atoms with E-state index in [9.17, 15) is 9.59 Å². The number of anilines is 1. The van der Waals surface area contributed by atoms with Gasteiger partial charge in [0.25, 0.3) is 0 Å². The lowest BCUT2D eigenvalue weighted by Crippen LogP contribution is -2.36. The van der Waals surface area contributed by atoms with Crippen LogP contribution in [0.3, 0.4) is 0 Å². The Bertz CT molecular complexity index is 648. The number of amides is 2. The molecule has 0 radical (unpaired) electrons. The molecule has 1 N–H and O–H groups in total. The first-order valence-electron chi connectivity index (χ1n) is 8.15. The average Bonchev–Trinajstić information content (AvgIpc) is 3.01. The Morgan fingerprint density at radius 3 is 2.88 bits per heavy atom. The van der Waals surface area contributed by atoms with E-state index in [1.54, 1.807) is 6.07 Å². The quantitative estimate of drug-likeness (QED) is 0.857. The number of rotatable bonds is 4. The summed E-state index contributed by atoms with van der Waals surface area (Å²) in [5, 5.41) is 2.78. The number of hydrogen-bond acceptors (Lipinski definition) is 4. The molecule has 0 saturated carbocycles. The van der Waals surface area contributed by atoms with Crippen LogP contribution in [-0.2, 0) is 20.9 Å². The number of methoxy groups -OCH3 is 1. The van der Waals surface area contributed by atoms with E-state index >= 15 is 0 Å². The first kappa shape index (κ1) is 16.5. The zero-order valence-electron chi connectivity index (χ0n) is 13.8. The van der Waals surface area contributed by atoms with Gasteiger partial charge in [-0.2, -0.15) is 0 Å². The third-order valence-corrected chi connectivity index (χ3v) is 4.27. The van der Waals surface area contributed by atoms with Crippen molar-refractivity contribution in [3.8, 4) is 5.75 Å². The number of hydrogen-bond donors (Lipinski definition) is 1. The van der Waals surface area contributed by atoms with Crippen LogP contribution in [0.1, 0.15) is 18.4 Å². The van der Waals surface area contributed by atoms with Crippen LogP contribution in [0.15, 0.2) is 30.4 Å². The fourth-order valence-electron chi connectivity index (χ4n) is 3.07. The summed E-state index contributed by atoms with van der Waals surface area (Å²) in [5.74, 6) is 0.776. The van der Waals surface area contributed by atoms with Crippen LogP contribution in [0.25, 0.3) is 0 Å². The molecule has 1 aliphatic carbocycles. The minimum Gasteiger partial charge on any atom is -0.491 e. The van der Waals surface area contributed by atoms with Gasteiger partial charge in [-0.05, 0) is 31.0 Å². The van der Waals surface area contributed by atoms with Gasteiger partial charge in [0.2, 0.25) is 11.8 Å². The third-order valence-electron chi connectivity index (χ3n) is 4.27. The second-order valence-electron chi connectivity index (χ2n) is 6.05. The number of nitrogens with one attached hydrogen (secondary N) is 1. The van der Waals surface area contributed by atoms with Crippen molar-refractivity contribution >= 4 is 17.5 Å². The lowest BCUT2D eigenvalue weighted by molar-refractivity contribution is -0.136. The number of allylic oxidation sites excluding steroid dienone is 2. The minimum absolute atomic E-state index is 0.00682. The van der Waals surface area contributed by atoms with Crippen LogP contribution in [0.5, 0.6) is 5.75 Å². The van der Waals surface area contributed by atoms with Gasteiger partial charge >= 0.3 is 0 Å². The number of ether oxygens (including phenoxy) is 2. The van der Waals surface area contributed by atoms with E-state index in [2.05, 4.69) is 17.5 Å². The fourth-order valence-corrected chi connectivity index (χ4v) is 3.07. The molecular formula is C18H22N2O4. The van der Waals surface area contributed by atoms with Crippen molar-refractivity contribution in [3.05, 3.63) is 35.9 Å². The van der Waals surface area contributed by atoms with Gasteiger partial charge in [-0.15, -0.1) is 0 Å². The Morgan fingerprint density at radius 1 is 1.33 bits per heavy atom. The van der Waals surface area contributed by atoms with Crippen molar-refractivity contribution < 1.29 is 19.1 Å². The molecule has 0 aromatic heterocycles. The van der Waals surface area contributed by atoms with Gasteiger partial charge in [-0.3, -0.25) is 9.59 Å². The predicted octanol–water partition coefficient (Wildman–Crippen LogP) is 1.96. The molecule has 0 atom stereocenters. The van der Waals surface area contributed by atoms with E-state index in [4.69, 9.17) is 9.47 Å². The highest BCUT2D eigenvalue weighted by atomic mass is 16.5. The van der Waals surface area contributed by atoms with Crippen LogP contribution < -0.4 is 10.1 Å². The smallest absolute Gasteiger partial charge is 0.250 e. The normalized spacial score (nSPS) is 17.1. The van der Waals surface area contributed by atoms with Gasteiger partial charge in [0, 0.05) is 30.8 Å². The SMILES string of the molecule is COCC(=O)Nc1ccc2c(c1)CN(C(=O)C1CC=CC1)CCO2. The second-order valence-corrected chi connectivity index (χ2v) is 6.05. The van der Waals surface area contributed by atoms with E-state index in [-0.39, 0.29) is 24.3 Å². The zero-order valence-corrected chi connectivity index (χ0v) is 13.8. The highest BCUT2D eigenvalue weighted by Gasteiger charge is 2.27. The van der Waals surface area contributed by atoms with Crippen molar-refractivity contribution in [3.63, 3.8) is 0 Å². The first-order chi connectivity index (χ1) is 11.7. The molecule has 0 bridgehead atoms. The summed E-state index contributed by atoms with van der Waals surface area (Å²) < 4.78 is 10.6. The Balaban J connectivity index is 1.73. The van der Waals surface area contributed by atoms with Gasteiger partial charge in [-0.25, -0.2) is 0 Å².